The highest BCUT2D eigenvalue weighted by Gasteiger charge is 2.21. The van der Waals surface area contributed by atoms with E-state index in [-0.39, 0.29) is 5.91 Å². The summed E-state index contributed by atoms with van der Waals surface area (Å²) in [6.07, 6.45) is 0.789. The van der Waals surface area contributed by atoms with E-state index in [1.165, 1.54) is 11.8 Å². The second-order valence-corrected chi connectivity index (χ2v) is 6.43. The highest BCUT2D eigenvalue weighted by molar-refractivity contribution is 7.99. The quantitative estimate of drug-likeness (QED) is 0.841. The van der Waals surface area contributed by atoms with Gasteiger partial charge in [-0.05, 0) is 17.2 Å². The van der Waals surface area contributed by atoms with Gasteiger partial charge in [0.2, 0.25) is 0 Å². The Kier molecular flexibility index (Phi) is 5.29. The SMILES string of the molecule is N#Cc1ccccc1CSCC(=O)N1CCC(c2ccccc2)=N1. The van der Waals surface area contributed by atoms with Crippen LogP contribution in [-0.2, 0) is 10.5 Å². The van der Waals surface area contributed by atoms with Gasteiger partial charge in [0.25, 0.3) is 5.91 Å². The van der Waals surface area contributed by atoms with Gasteiger partial charge >= 0.3 is 0 Å². The van der Waals surface area contributed by atoms with E-state index in [1.54, 1.807) is 11.1 Å². The molecule has 24 heavy (non-hydrogen) atoms. The number of carbonyl (C=O) groups excluding carboxylic acids is 1. The van der Waals surface area contributed by atoms with E-state index >= 15 is 0 Å². The number of amides is 1. The summed E-state index contributed by atoms with van der Waals surface area (Å²) in [5.74, 6) is 1.03. The highest BCUT2D eigenvalue weighted by Crippen LogP contribution is 2.18. The zero-order valence-corrected chi connectivity index (χ0v) is 14.0. The molecule has 0 saturated carbocycles. The van der Waals surface area contributed by atoms with Gasteiger partial charge < -0.3 is 0 Å². The first-order chi connectivity index (χ1) is 11.8. The normalized spacial score (nSPS) is 13.5. The summed E-state index contributed by atoms with van der Waals surface area (Å²) in [5.41, 5.74) is 3.67. The summed E-state index contributed by atoms with van der Waals surface area (Å²) in [4.78, 5) is 12.3. The van der Waals surface area contributed by atoms with Crippen molar-refractivity contribution in [1.29, 1.82) is 5.26 Å². The summed E-state index contributed by atoms with van der Waals surface area (Å²) < 4.78 is 0. The minimum atomic E-state index is 0.0142. The molecule has 0 aliphatic carbocycles. The van der Waals surface area contributed by atoms with E-state index in [2.05, 4.69) is 11.2 Å². The molecule has 5 heteroatoms. The minimum absolute atomic E-state index is 0.0142. The van der Waals surface area contributed by atoms with Crippen LogP contribution in [-0.4, -0.2) is 28.9 Å². The van der Waals surface area contributed by atoms with Gasteiger partial charge in [0.05, 0.1) is 29.6 Å². The van der Waals surface area contributed by atoms with Crippen LogP contribution >= 0.6 is 11.8 Å². The van der Waals surface area contributed by atoms with Gasteiger partial charge in [-0.15, -0.1) is 11.8 Å². The van der Waals surface area contributed by atoms with Crippen molar-refractivity contribution in [3.63, 3.8) is 0 Å². The fraction of sp³-hybridized carbons (Fsp3) is 0.211. The van der Waals surface area contributed by atoms with Gasteiger partial charge in [-0.1, -0.05) is 48.5 Å². The number of rotatable bonds is 5. The average molecular weight is 335 g/mol. The molecule has 2 aromatic carbocycles. The van der Waals surface area contributed by atoms with Crippen molar-refractivity contribution in [1.82, 2.24) is 5.01 Å². The lowest BCUT2D eigenvalue weighted by Gasteiger charge is -2.11. The number of benzene rings is 2. The van der Waals surface area contributed by atoms with Crippen molar-refractivity contribution in [2.24, 2.45) is 5.10 Å². The topological polar surface area (TPSA) is 56.5 Å². The van der Waals surface area contributed by atoms with Crippen molar-refractivity contribution >= 4 is 23.4 Å². The van der Waals surface area contributed by atoms with Gasteiger partial charge in [0.1, 0.15) is 0 Å². The summed E-state index contributed by atoms with van der Waals surface area (Å²) in [6, 6.07) is 19.6. The first kappa shape index (κ1) is 16.3. The fourth-order valence-electron chi connectivity index (χ4n) is 2.55. The highest BCUT2D eigenvalue weighted by atomic mass is 32.2. The molecule has 3 rings (SSSR count). The fourth-order valence-corrected chi connectivity index (χ4v) is 3.45. The Labute approximate surface area is 145 Å². The first-order valence-electron chi connectivity index (χ1n) is 7.77. The number of hydrazone groups is 1. The molecule has 0 aromatic heterocycles. The lowest BCUT2D eigenvalue weighted by atomic mass is 10.1. The summed E-state index contributed by atoms with van der Waals surface area (Å²) in [5, 5.41) is 15.1. The third-order valence-corrected chi connectivity index (χ3v) is 4.78. The van der Waals surface area contributed by atoms with Crippen LogP contribution in [0.25, 0.3) is 0 Å². The molecule has 1 amide bonds. The van der Waals surface area contributed by atoms with E-state index in [0.717, 1.165) is 23.3 Å². The van der Waals surface area contributed by atoms with Gasteiger partial charge in [0.15, 0.2) is 0 Å². The Morgan fingerprint density at radius 3 is 2.71 bits per heavy atom. The van der Waals surface area contributed by atoms with Crippen LogP contribution in [0.4, 0.5) is 0 Å². The Morgan fingerprint density at radius 1 is 1.17 bits per heavy atom. The van der Waals surface area contributed by atoms with E-state index in [9.17, 15) is 4.79 Å². The predicted octanol–water partition coefficient (Wildman–Crippen LogP) is 3.43. The first-order valence-corrected chi connectivity index (χ1v) is 8.92. The average Bonchev–Trinajstić information content (AvgIpc) is 3.13. The molecule has 0 saturated heterocycles. The van der Waals surface area contributed by atoms with Crippen LogP contribution in [0.1, 0.15) is 23.1 Å². The van der Waals surface area contributed by atoms with Crippen LogP contribution in [0.5, 0.6) is 0 Å². The Hall–Kier alpha value is -2.58. The molecule has 1 aliphatic rings. The second kappa shape index (κ2) is 7.80. The van der Waals surface area contributed by atoms with E-state index in [1.807, 2.05) is 48.5 Å². The third-order valence-electron chi connectivity index (χ3n) is 3.82. The van der Waals surface area contributed by atoms with Gasteiger partial charge in [-0.25, -0.2) is 5.01 Å². The van der Waals surface area contributed by atoms with E-state index in [4.69, 9.17) is 5.26 Å². The maximum atomic E-state index is 12.3. The molecule has 0 N–H and O–H groups in total. The van der Waals surface area contributed by atoms with Crippen molar-refractivity contribution in [3.8, 4) is 6.07 Å². The summed E-state index contributed by atoms with van der Waals surface area (Å²) >= 11 is 1.52. The molecule has 0 unspecified atom stereocenters. The maximum absolute atomic E-state index is 12.3. The third kappa shape index (κ3) is 3.84. The molecule has 1 aliphatic heterocycles. The van der Waals surface area contributed by atoms with E-state index < -0.39 is 0 Å². The Balaban J connectivity index is 1.55. The van der Waals surface area contributed by atoms with Crippen LogP contribution in [0.3, 0.4) is 0 Å². The van der Waals surface area contributed by atoms with Crippen LogP contribution in [0, 0.1) is 11.3 Å². The number of nitriles is 1. The predicted molar refractivity (Wildman–Crippen MR) is 96.6 cm³/mol. The smallest absolute Gasteiger partial charge is 0.252 e. The molecule has 0 atom stereocenters. The molecular formula is C19H17N3OS. The van der Waals surface area contributed by atoms with Crippen molar-refractivity contribution < 1.29 is 4.79 Å². The molecule has 0 bridgehead atoms. The van der Waals surface area contributed by atoms with E-state index in [0.29, 0.717) is 23.6 Å². The number of hydrogen-bond donors (Lipinski definition) is 0. The number of nitrogens with zero attached hydrogens (tertiary/aromatic N) is 3. The van der Waals surface area contributed by atoms with Crippen molar-refractivity contribution in [3.05, 3.63) is 71.3 Å². The van der Waals surface area contributed by atoms with Crippen molar-refractivity contribution in [2.75, 3.05) is 12.3 Å². The number of thioether (sulfide) groups is 1. The standard InChI is InChI=1S/C19H17N3OS/c20-12-16-8-4-5-9-17(16)13-24-14-19(23)22-11-10-18(21-22)15-6-2-1-3-7-15/h1-9H,10-11,13-14H2. The van der Waals surface area contributed by atoms with Crippen LogP contribution < -0.4 is 0 Å². The van der Waals surface area contributed by atoms with Crippen LogP contribution in [0.15, 0.2) is 59.7 Å². The molecular weight excluding hydrogens is 318 g/mol. The van der Waals surface area contributed by atoms with Crippen molar-refractivity contribution in [2.45, 2.75) is 12.2 Å². The van der Waals surface area contributed by atoms with Gasteiger partial charge in [0, 0.05) is 12.2 Å². The lowest BCUT2D eigenvalue weighted by molar-refractivity contribution is -0.127. The zero-order chi connectivity index (χ0) is 16.8. The summed E-state index contributed by atoms with van der Waals surface area (Å²) in [7, 11) is 0. The van der Waals surface area contributed by atoms with Gasteiger partial charge in [-0.3, -0.25) is 4.79 Å². The number of hydrogen-bond acceptors (Lipinski definition) is 4. The Morgan fingerprint density at radius 2 is 1.92 bits per heavy atom. The second-order valence-electron chi connectivity index (χ2n) is 5.44. The maximum Gasteiger partial charge on any atom is 0.252 e. The molecule has 0 spiro atoms. The van der Waals surface area contributed by atoms with Gasteiger partial charge in [-0.2, -0.15) is 10.4 Å². The lowest BCUT2D eigenvalue weighted by Crippen LogP contribution is -2.25. The summed E-state index contributed by atoms with van der Waals surface area (Å²) in [6.45, 7) is 0.637. The molecule has 120 valence electrons. The number of carbonyl (C=O) groups is 1. The monoisotopic (exact) mass is 335 g/mol. The molecule has 2 aromatic rings. The molecule has 0 fully saturated rings. The molecule has 1 heterocycles. The Bertz CT molecular complexity index is 796. The van der Waals surface area contributed by atoms with Crippen LogP contribution in [0.2, 0.25) is 0 Å². The zero-order valence-electron chi connectivity index (χ0n) is 13.2. The minimum Gasteiger partial charge on any atom is -0.272 e. The molecule has 0 radical (unpaired) electrons. The largest absolute Gasteiger partial charge is 0.272 e. The molecule has 4 nitrogen and oxygen atoms in total.